The Morgan fingerprint density at radius 3 is 2.18 bits per heavy atom. The molecule has 1 aliphatic rings. The minimum absolute atomic E-state index is 0.0690. The van der Waals surface area contributed by atoms with E-state index in [1.807, 2.05) is 78.7 Å². The maximum absolute atomic E-state index is 12.5. The number of hydrogen-bond donors (Lipinski definition) is 2. The number of carbonyl (C=O) groups excluding carboxylic acids is 2. The number of likely N-dealkylation sites (N-methyl/N-ethyl adjacent to an activating group) is 1. The largest absolute Gasteiger partial charge is 0.378 e. The summed E-state index contributed by atoms with van der Waals surface area (Å²) >= 11 is 0. The number of nitrogens with one attached hydrogen (secondary N) is 2. The molecule has 7 heteroatoms. The van der Waals surface area contributed by atoms with Gasteiger partial charge in [0.05, 0.1) is 19.8 Å². The second-order valence-electron chi connectivity index (χ2n) is 8.38. The maximum atomic E-state index is 12.5. The molecular weight excluding hydrogens is 428 g/mol. The van der Waals surface area contributed by atoms with E-state index in [4.69, 9.17) is 4.74 Å². The molecule has 1 aliphatic heterocycles. The van der Waals surface area contributed by atoms with Crippen LogP contribution in [0.2, 0.25) is 0 Å². The minimum atomic E-state index is -0.148. The van der Waals surface area contributed by atoms with Gasteiger partial charge in [-0.15, -0.1) is 0 Å². The summed E-state index contributed by atoms with van der Waals surface area (Å²) < 4.78 is 5.39. The number of anilines is 3. The molecule has 176 valence electrons. The second kappa shape index (κ2) is 11.4. The van der Waals surface area contributed by atoms with Gasteiger partial charge in [-0.05, 0) is 61.1 Å². The van der Waals surface area contributed by atoms with Crippen LogP contribution >= 0.6 is 0 Å². The fourth-order valence-corrected chi connectivity index (χ4v) is 3.88. The average molecular weight is 459 g/mol. The second-order valence-corrected chi connectivity index (χ2v) is 8.38. The van der Waals surface area contributed by atoms with Crippen LogP contribution in [-0.4, -0.2) is 56.6 Å². The fraction of sp³-hybridized carbons (Fsp3) is 0.259. The molecule has 0 saturated carbocycles. The summed E-state index contributed by atoms with van der Waals surface area (Å²) in [5.74, 6) is -0.217. The van der Waals surface area contributed by atoms with Gasteiger partial charge in [0.2, 0.25) is 5.91 Å². The van der Waals surface area contributed by atoms with Crippen molar-refractivity contribution < 1.29 is 14.3 Å². The Bertz CT molecular complexity index is 1080. The fourth-order valence-electron chi connectivity index (χ4n) is 3.88. The van der Waals surface area contributed by atoms with Crippen molar-refractivity contribution >= 4 is 28.9 Å². The lowest BCUT2D eigenvalue weighted by molar-refractivity contribution is -0.117. The highest BCUT2D eigenvalue weighted by atomic mass is 16.5. The van der Waals surface area contributed by atoms with Crippen molar-refractivity contribution in [1.29, 1.82) is 0 Å². The number of nitrogens with zero attached hydrogens (tertiary/aromatic N) is 2. The van der Waals surface area contributed by atoms with Crippen LogP contribution in [0.3, 0.4) is 0 Å². The lowest BCUT2D eigenvalue weighted by Crippen LogP contribution is -2.36. The van der Waals surface area contributed by atoms with E-state index in [9.17, 15) is 9.59 Å². The molecule has 1 fully saturated rings. The van der Waals surface area contributed by atoms with Gasteiger partial charge >= 0.3 is 0 Å². The summed E-state index contributed by atoms with van der Waals surface area (Å²) in [7, 11) is 1.90. The number of amides is 2. The molecule has 0 aromatic heterocycles. The van der Waals surface area contributed by atoms with Crippen molar-refractivity contribution in [3.8, 4) is 0 Å². The molecule has 1 saturated heterocycles. The molecule has 1 heterocycles. The van der Waals surface area contributed by atoms with Gasteiger partial charge in [0.25, 0.3) is 5.91 Å². The van der Waals surface area contributed by atoms with E-state index in [-0.39, 0.29) is 18.4 Å². The van der Waals surface area contributed by atoms with Crippen molar-refractivity contribution in [2.75, 3.05) is 55.4 Å². The lowest BCUT2D eigenvalue weighted by Gasteiger charge is -2.28. The highest BCUT2D eigenvalue weighted by molar-refractivity contribution is 6.04. The first-order valence-electron chi connectivity index (χ1n) is 11.4. The van der Waals surface area contributed by atoms with Crippen LogP contribution in [-0.2, 0) is 16.1 Å². The topological polar surface area (TPSA) is 73.9 Å². The summed E-state index contributed by atoms with van der Waals surface area (Å²) in [5.41, 5.74) is 4.30. The molecule has 0 aliphatic carbocycles. The maximum Gasteiger partial charge on any atom is 0.255 e. The van der Waals surface area contributed by atoms with Crippen molar-refractivity contribution in [2.24, 2.45) is 0 Å². The van der Waals surface area contributed by atoms with Crippen LogP contribution in [0.1, 0.15) is 15.9 Å². The quantitative estimate of drug-likeness (QED) is 0.537. The van der Waals surface area contributed by atoms with Gasteiger partial charge in [-0.1, -0.05) is 30.3 Å². The van der Waals surface area contributed by atoms with Crippen LogP contribution in [0.4, 0.5) is 17.1 Å². The number of rotatable bonds is 8. The number of morpholine rings is 1. The van der Waals surface area contributed by atoms with Crippen LogP contribution in [0.5, 0.6) is 0 Å². The lowest BCUT2D eigenvalue weighted by atomic mass is 10.1. The van der Waals surface area contributed by atoms with Gasteiger partial charge in [-0.2, -0.15) is 0 Å². The van der Waals surface area contributed by atoms with Crippen molar-refractivity contribution in [2.45, 2.75) is 6.54 Å². The van der Waals surface area contributed by atoms with Gasteiger partial charge in [-0.3, -0.25) is 14.5 Å². The Hall–Kier alpha value is -3.68. The molecule has 3 aromatic carbocycles. The molecule has 2 N–H and O–H groups in total. The van der Waals surface area contributed by atoms with E-state index < -0.39 is 0 Å². The Balaban J connectivity index is 1.24. The average Bonchev–Trinajstić information content (AvgIpc) is 2.86. The van der Waals surface area contributed by atoms with E-state index in [1.54, 1.807) is 12.1 Å². The van der Waals surface area contributed by atoms with E-state index >= 15 is 0 Å². The molecule has 3 aromatic rings. The third-order valence-corrected chi connectivity index (χ3v) is 5.64. The molecule has 0 bridgehead atoms. The SMILES string of the molecule is CN(CC(=O)Nc1ccc(N2CCOCC2)cc1)Cc1ccc(C(=O)Nc2ccccc2)cc1. The third kappa shape index (κ3) is 6.66. The zero-order chi connectivity index (χ0) is 23.8. The molecule has 7 nitrogen and oxygen atoms in total. The van der Waals surface area contributed by atoms with Gasteiger partial charge < -0.3 is 20.3 Å². The third-order valence-electron chi connectivity index (χ3n) is 5.64. The van der Waals surface area contributed by atoms with Crippen LogP contribution in [0.15, 0.2) is 78.9 Å². The predicted octanol–water partition coefficient (Wildman–Crippen LogP) is 3.85. The van der Waals surface area contributed by atoms with Crippen molar-refractivity contribution in [3.05, 3.63) is 90.0 Å². The molecule has 2 amide bonds. The Morgan fingerprint density at radius 2 is 1.50 bits per heavy atom. The molecule has 34 heavy (non-hydrogen) atoms. The van der Waals surface area contributed by atoms with Crippen LogP contribution in [0, 0.1) is 0 Å². The molecule has 4 rings (SSSR count). The standard InChI is InChI=1S/C27H30N4O3/c1-30(19-21-7-9-22(10-8-21)27(33)29-23-5-3-2-4-6-23)20-26(32)28-24-11-13-25(14-12-24)31-15-17-34-18-16-31/h2-14H,15-20H2,1H3,(H,28,32)(H,29,33). The summed E-state index contributed by atoms with van der Waals surface area (Å²) in [5, 5.41) is 5.84. The Kier molecular flexibility index (Phi) is 7.91. The van der Waals surface area contributed by atoms with E-state index in [0.717, 1.165) is 48.9 Å². The number of para-hydroxylation sites is 1. The van der Waals surface area contributed by atoms with Gasteiger partial charge in [0, 0.05) is 42.3 Å². The monoisotopic (exact) mass is 458 g/mol. The number of benzene rings is 3. The van der Waals surface area contributed by atoms with Crippen molar-refractivity contribution in [1.82, 2.24) is 4.90 Å². The first-order chi connectivity index (χ1) is 16.6. The first kappa shape index (κ1) is 23.5. The number of carbonyl (C=O) groups is 2. The molecular formula is C27H30N4O3. The zero-order valence-electron chi connectivity index (χ0n) is 19.4. The smallest absolute Gasteiger partial charge is 0.255 e. The summed E-state index contributed by atoms with van der Waals surface area (Å²) in [6, 6.07) is 24.7. The first-order valence-corrected chi connectivity index (χ1v) is 11.4. The van der Waals surface area contributed by atoms with E-state index in [0.29, 0.717) is 12.1 Å². The van der Waals surface area contributed by atoms with Crippen LogP contribution in [0.25, 0.3) is 0 Å². The van der Waals surface area contributed by atoms with E-state index in [2.05, 4.69) is 15.5 Å². The molecule has 0 radical (unpaired) electrons. The zero-order valence-corrected chi connectivity index (χ0v) is 19.4. The predicted molar refractivity (Wildman–Crippen MR) is 135 cm³/mol. The summed E-state index contributed by atoms with van der Waals surface area (Å²) in [6.07, 6.45) is 0. The normalized spacial score (nSPS) is 13.5. The number of ether oxygens (including phenoxy) is 1. The number of hydrogen-bond acceptors (Lipinski definition) is 5. The molecule has 0 atom stereocenters. The summed E-state index contributed by atoms with van der Waals surface area (Å²) in [4.78, 5) is 29.1. The van der Waals surface area contributed by atoms with Crippen LogP contribution < -0.4 is 15.5 Å². The highest BCUT2D eigenvalue weighted by Gasteiger charge is 2.12. The Morgan fingerprint density at radius 1 is 0.853 bits per heavy atom. The van der Waals surface area contributed by atoms with Crippen molar-refractivity contribution in [3.63, 3.8) is 0 Å². The minimum Gasteiger partial charge on any atom is -0.378 e. The summed E-state index contributed by atoms with van der Waals surface area (Å²) in [6.45, 7) is 4.12. The Labute approximate surface area is 200 Å². The van der Waals surface area contributed by atoms with Gasteiger partial charge in [0.1, 0.15) is 0 Å². The molecule has 0 unspecified atom stereocenters. The molecule has 0 spiro atoms. The van der Waals surface area contributed by atoms with E-state index in [1.165, 1.54) is 0 Å². The van der Waals surface area contributed by atoms with Gasteiger partial charge in [0.15, 0.2) is 0 Å². The van der Waals surface area contributed by atoms with Gasteiger partial charge in [-0.25, -0.2) is 0 Å². The highest BCUT2D eigenvalue weighted by Crippen LogP contribution is 2.19.